The predicted octanol–water partition coefficient (Wildman–Crippen LogP) is 6.28. The molecule has 8 rings (SSSR count). The van der Waals surface area contributed by atoms with E-state index in [0.717, 1.165) is 73.2 Å². The van der Waals surface area contributed by atoms with Gasteiger partial charge in [-0.25, -0.2) is 9.78 Å². The molecule has 1 saturated heterocycles. The smallest absolute Gasteiger partial charge is 0.317 e. The van der Waals surface area contributed by atoms with Gasteiger partial charge in [0, 0.05) is 62.4 Å². The van der Waals surface area contributed by atoms with Gasteiger partial charge in [0.2, 0.25) is 0 Å². The summed E-state index contributed by atoms with van der Waals surface area (Å²) in [4.78, 5) is 26.7. The van der Waals surface area contributed by atoms with Gasteiger partial charge in [-0.3, -0.25) is 9.88 Å². The van der Waals surface area contributed by atoms with Crippen LogP contribution in [0.1, 0.15) is 49.1 Å². The average Bonchev–Trinajstić information content (AvgIpc) is 2.97. The zero-order chi connectivity index (χ0) is 28.6. The number of hydrogen-bond acceptors (Lipinski definition) is 6. The van der Waals surface area contributed by atoms with Gasteiger partial charge in [0.05, 0.1) is 5.69 Å². The first-order valence-corrected chi connectivity index (χ1v) is 15.7. The summed E-state index contributed by atoms with van der Waals surface area (Å²) in [6, 6.07) is 16.7. The molecule has 3 heterocycles. The standard InChI is InChI=1S/C34H42N6O2/c1-22-6-7-31(23(2)36-22)42-30-8-9-35-32(20-30)37-29-5-3-4-24(19-29)21-39-10-12-40(13-11-39)34(41)38-33-27-15-25-14-26(17-27)18-28(33)16-25/h3-9,19-20,25-28,33H,10-18,21H2,1-2H3,(H,35,37)(H,38,41). The molecule has 5 fully saturated rings. The first-order valence-electron chi connectivity index (χ1n) is 15.7. The normalized spacial score (nSPS) is 26.7. The molecule has 0 unspecified atom stereocenters. The predicted molar refractivity (Wildman–Crippen MR) is 164 cm³/mol. The van der Waals surface area contributed by atoms with Crippen LogP contribution in [0.5, 0.6) is 11.5 Å². The molecule has 220 valence electrons. The quantitative estimate of drug-likeness (QED) is 0.350. The van der Waals surface area contributed by atoms with Crippen LogP contribution in [0.15, 0.2) is 54.7 Å². The van der Waals surface area contributed by atoms with E-state index in [2.05, 4.69) is 49.8 Å². The number of aryl methyl sites for hydroxylation is 2. The van der Waals surface area contributed by atoms with Crippen LogP contribution in [-0.2, 0) is 6.54 Å². The van der Waals surface area contributed by atoms with Crippen molar-refractivity contribution in [1.29, 1.82) is 0 Å². The molecule has 4 saturated carbocycles. The summed E-state index contributed by atoms with van der Waals surface area (Å²) in [6.07, 6.45) is 8.52. The minimum atomic E-state index is 0.158. The molecule has 0 atom stereocenters. The molecule has 4 aliphatic carbocycles. The van der Waals surface area contributed by atoms with E-state index in [0.29, 0.717) is 23.6 Å². The number of rotatable bonds is 7. The number of carbonyl (C=O) groups excluding carboxylic acids is 1. The van der Waals surface area contributed by atoms with E-state index >= 15 is 0 Å². The number of urea groups is 1. The second-order valence-electron chi connectivity index (χ2n) is 13.0. The molecular weight excluding hydrogens is 524 g/mol. The molecule has 2 N–H and O–H groups in total. The van der Waals surface area contributed by atoms with Crippen molar-refractivity contribution in [2.24, 2.45) is 23.7 Å². The number of carbonyl (C=O) groups is 1. The van der Waals surface area contributed by atoms with Crippen LogP contribution in [0.4, 0.5) is 16.3 Å². The number of nitrogens with one attached hydrogen (secondary N) is 2. The zero-order valence-corrected chi connectivity index (χ0v) is 24.8. The highest BCUT2D eigenvalue weighted by Gasteiger charge is 2.48. The molecule has 42 heavy (non-hydrogen) atoms. The summed E-state index contributed by atoms with van der Waals surface area (Å²) >= 11 is 0. The number of aromatic nitrogens is 2. The van der Waals surface area contributed by atoms with Crippen molar-refractivity contribution in [3.63, 3.8) is 0 Å². The van der Waals surface area contributed by atoms with Gasteiger partial charge < -0.3 is 20.3 Å². The van der Waals surface area contributed by atoms with E-state index in [1.807, 2.05) is 43.0 Å². The lowest BCUT2D eigenvalue weighted by atomic mass is 9.54. The average molecular weight is 567 g/mol. The first kappa shape index (κ1) is 27.2. The highest BCUT2D eigenvalue weighted by atomic mass is 16.5. The maximum absolute atomic E-state index is 13.2. The van der Waals surface area contributed by atoms with Crippen LogP contribution in [0, 0.1) is 37.5 Å². The maximum atomic E-state index is 13.2. The number of ether oxygens (including phenoxy) is 1. The molecule has 0 radical (unpaired) electrons. The number of nitrogens with zero attached hydrogens (tertiary/aromatic N) is 4. The number of amides is 2. The van der Waals surface area contributed by atoms with Gasteiger partial charge in [-0.1, -0.05) is 12.1 Å². The largest absolute Gasteiger partial charge is 0.455 e. The fraction of sp³-hybridized carbons (Fsp3) is 0.500. The van der Waals surface area contributed by atoms with Crippen LogP contribution < -0.4 is 15.4 Å². The van der Waals surface area contributed by atoms with Gasteiger partial charge >= 0.3 is 6.03 Å². The molecular formula is C34H42N6O2. The number of hydrogen-bond donors (Lipinski definition) is 2. The van der Waals surface area contributed by atoms with E-state index < -0.39 is 0 Å². The molecule has 8 heteroatoms. The molecule has 5 aliphatic rings. The fourth-order valence-corrected chi connectivity index (χ4v) is 8.11. The highest BCUT2D eigenvalue weighted by Crippen LogP contribution is 2.53. The highest BCUT2D eigenvalue weighted by molar-refractivity contribution is 5.74. The lowest BCUT2D eigenvalue weighted by Crippen LogP contribution is -2.59. The Hall–Kier alpha value is -3.65. The van der Waals surface area contributed by atoms with Crippen LogP contribution in [-0.4, -0.2) is 58.0 Å². The number of anilines is 2. The molecule has 4 bridgehead atoms. The maximum Gasteiger partial charge on any atom is 0.317 e. The topological polar surface area (TPSA) is 82.6 Å². The van der Waals surface area contributed by atoms with E-state index in [9.17, 15) is 4.79 Å². The Labute approximate surface area is 248 Å². The molecule has 0 spiro atoms. The van der Waals surface area contributed by atoms with Crippen LogP contribution in [0.3, 0.4) is 0 Å². The Bertz CT molecular complexity index is 1410. The van der Waals surface area contributed by atoms with Crippen molar-refractivity contribution < 1.29 is 9.53 Å². The molecule has 2 amide bonds. The van der Waals surface area contributed by atoms with Crippen molar-refractivity contribution in [1.82, 2.24) is 25.1 Å². The second-order valence-corrected chi connectivity index (χ2v) is 13.0. The van der Waals surface area contributed by atoms with Gasteiger partial charge in [0.1, 0.15) is 17.3 Å². The Kier molecular flexibility index (Phi) is 7.48. The monoisotopic (exact) mass is 566 g/mol. The number of piperazine rings is 1. The molecule has 8 nitrogen and oxygen atoms in total. The lowest BCUT2D eigenvalue weighted by Gasteiger charge is -2.54. The van der Waals surface area contributed by atoms with Crippen molar-refractivity contribution in [3.05, 3.63) is 71.7 Å². The summed E-state index contributed by atoms with van der Waals surface area (Å²) in [5.74, 6) is 5.47. The summed E-state index contributed by atoms with van der Waals surface area (Å²) in [7, 11) is 0. The van der Waals surface area contributed by atoms with E-state index in [-0.39, 0.29) is 6.03 Å². The third-order valence-electron chi connectivity index (χ3n) is 9.92. The first-order chi connectivity index (χ1) is 20.4. The summed E-state index contributed by atoms with van der Waals surface area (Å²) in [6.45, 7) is 8.12. The molecule has 2 aromatic heterocycles. The minimum Gasteiger partial charge on any atom is -0.455 e. The van der Waals surface area contributed by atoms with Gasteiger partial charge in [0.25, 0.3) is 0 Å². The lowest BCUT2D eigenvalue weighted by molar-refractivity contribution is -0.0116. The molecule has 3 aromatic rings. The van der Waals surface area contributed by atoms with E-state index in [4.69, 9.17) is 4.74 Å². The van der Waals surface area contributed by atoms with Crippen LogP contribution in [0.25, 0.3) is 0 Å². The van der Waals surface area contributed by atoms with Crippen LogP contribution >= 0.6 is 0 Å². The van der Waals surface area contributed by atoms with Gasteiger partial charge in [0.15, 0.2) is 0 Å². The minimum absolute atomic E-state index is 0.158. The fourth-order valence-electron chi connectivity index (χ4n) is 8.11. The summed E-state index contributed by atoms with van der Waals surface area (Å²) in [5, 5.41) is 6.92. The van der Waals surface area contributed by atoms with E-state index in [1.54, 1.807) is 6.20 Å². The van der Waals surface area contributed by atoms with Gasteiger partial charge in [-0.05, 0) is 106 Å². The summed E-state index contributed by atoms with van der Waals surface area (Å²) in [5.41, 5.74) is 4.05. The van der Waals surface area contributed by atoms with E-state index in [1.165, 1.54) is 37.7 Å². The number of benzene rings is 1. The Morgan fingerprint density at radius 2 is 1.69 bits per heavy atom. The Morgan fingerprint density at radius 1 is 0.929 bits per heavy atom. The second kappa shape index (κ2) is 11.6. The summed E-state index contributed by atoms with van der Waals surface area (Å²) < 4.78 is 6.08. The number of pyridine rings is 2. The van der Waals surface area contributed by atoms with Gasteiger partial charge in [-0.2, -0.15) is 0 Å². The van der Waals surface area contributed by atoms with Crippen molar-refractivity contribution in [2.75, 3.05) is 31.5 Å². The zero-order valence-electron chi connectivity index (χ0n) is 24.8. The van der Waals surface area contributed by atoms with Crippen molar-refractivity contribution in [3.8, 4) is 11.5 Å². The molecule has 1 aromatic carbocycles. The molecule has 1 aliphatic heterocycles. The van der Waals surface area contributed by atoms with Crippen LogP contribution in [0.2, 0.25) is 0 Å². The third-order valence-corrected chi connectivity index (χ3v) is 9.92. The Morgan fingerprint density at radius 3 is 2.43 bits per heavy atom. The van der Waals surface area contributed by atoms with Gasteiger partial charge in [-0.15, -0.1) is 0 Å². The van der Waals surface area contributed by atoms with Crippen molar-refractivity contribution in [2.45, 2.75) is 58.5 Å². The SMILES string of the molecule is Cc1ccc(Oc2ccnc(Nc3cccc(CN4CCN(C(=O)NC5C6CC7CC(C6)CC5C7)CC4)c3)c2)c(C)n1. The van der Waals surface area contributed by atoms with Crippen molar-refractivity contribution >= 4 is 17.5 Å². The third kappa shape index (κ3) is 5.95. The Balaban J connectivity index is 0.910.